The third-order valence-electron chi connectivity index (χ3n) is 6.60. The molecule has 2 heterocycles. The number of carbonyl (C=O) groups excluding carboxylic acids is 1. The van der Waals surface area contributed by atoms with Crippen LogP contribution in [0.15, 0.2) is 72.8 Å². The minimum Gasteiger partial charge on any atom is -0.368 e. The van der Waals surface area contributed by atoms with E-state index in [0.717, 1.165) is 33.4 Å². The minimum absolute atomic E-state index is 0.00188. The lowest BCUT2D eigenvalue weighted by Crippen LogP contribution is -2.48. The summed E-state index contributed by atoms with van der Waals surface area (Å²) in [5, 5.41) is 11.8. The van der Waals surface area contributed by atoms with Gasteiger partial charge in [-0.1, -0.05) is 42.0 Å². The maximum Gasteiger partial charge on any atom is 0.269 e. The fraction of sp³-hybridized carbons (Fsp3) is 0.214. The van der Waals surface area contributed by atoms with Crippen LogP contribution in [0.1, 0.15) is 21.5 Å². The third-order valence-corrected chi connectivity index (χ3v) is 6.60. The Balaban J connectivity index is 1.41. The van der Waals surface area contributed by atoms with Crippen LogP contribution in [0.5, 0.6) is 0 Å². The number of aromatic nitrogens is 1. The number of anilines is 1. The van der Waals surface area contributed by atoms with E-state index < -0.39 is 4.92 Å². The summed E-state index contributed by atoms with van der Waals surface area (Å²) >= 11 is 0. The van der Waals surface area contributed by atoms with E-state index in [9.17, 15) is 14.9 Å². The number of fused-ring (bicyclic) bond motifs is 1. The summed E-state index contributed by atoms with van der Waals surface area (Å²) in [6.45, 7) is 6.61. The standard InChI is InChI=1S/C28H26N4O3/c1-19-7-12-23(20(2)17-19)27-18-25(24-5-3-4-6-26(24)29-27)28(33)31-15-13-30(14-16-31)21-8-10-22(11-9-21)32(34)35/h3-12,17-18H,13-16H2,1-2H3. The molecule has 35 heavy (non-hydrogen) atoms. The maximum atomic E-state index is 13.7. The molecule has 0 atom stereocenters. The van der Waals surface area contributed by atoms with Gasteiger partial charge < -0.3 is 9.80 Å². The molecule has 0 radical (unpaired) electrons. The van der Waals surface area contributed by atoms with Crippen molar-refractivity contribution in [1.29, 1.82) is 0 Å². The van der Waals surface area contributed by atoms with Gasteiger partial charge in [-0.2, -0.15) is 0 Å². The molecule has 0 aliphatic carbocycles. The normalized spacial score (nSPS) is 13.8. The van der Waals surface area contributed by atoms with Gasteiger partial charge in [-0.05, 0) is 43.7 Å². The molecule has 1 aliphatic heterocycles. The highest BCUT2D eigenvalue weighted by molar-refractivity contribution is 6.07. The Kier molecular flexibility index (Phi) is 5.91. The predicted molar refractivity (Wildman–Crippen MR) is 138 cm³/mol. The summed E-state index contributed by atoms with van der Waals surface area (Å²) < 4.78 is 0. The molecule has 1 aliphatic rings. The van der Waals surface area contributed by atoms with Crippen molar-refractivity contribution in [2.45, 2.75) is 13.8 Å². The number of hydrogen-bond donors (Lipinski definition) is 0. The van der Waals surface area contributed by atoms with Crippen LogP contribution >= 0.6 is 0 Å². The Labute approximate surface area is 203 Å². The highest BCUT2D eigenvalue weighted by Gasteiger charge is 2.25. The first-order valence-electron chi connectivity index (χ1n) is 11.7. The molecule has 3 aromatic carbocycles. The number of rotatable bonds is 4. The summed E-state index contributed by atoms with van der Waals surface area (Å²) in [5.74, 6) is -0.00188. The van der Waals surface area contributed by atoms with Crippen molar-refractivity contribution in [1.82, 2.24) is 9.88 Å². The van der Waals surface area contributed by atoms with Crippen molar-refractivity contribution in [2.24, 2.45) is 0 Å². The predicted octanol–water partition coefficient (Wildman–Crippen LogP) is 5.39. The second-order valence-electron chi connectivity index (χ2n) is 8.94. The van der Waals surface area contributed by atoms with E-state index in [1.165, 1.54) is 17.7 Å². The van der Waals surface area contributed by atoms with E-state index in [1.807, 2.05) is 35.2 Å². The molecule has 1 saturated heterocycles. The van der Waals surface area contributed by atoms with Gasteiger partial charge in [0, 0.05) is 54.9 Å². The number of piperazine rings is 1. The number of nitro benzene ring substituents is 1. The average Bonchev–Trinajstić information content (AvgIpc) is 2.88. The summed E-state index contributed by atoms with van der Waals surface area (Å²) in [4.78, 5) is 33.1. The Morgan fingerprint density at radius 1 is 0.914 bits per heavy atom. The fourth-order valence-corrected chi connectivity index (χ4v) is 4.71. The lowest BCUT2D eigenvalue weighted by Gasteiger charge is -2.36. The molecule has 0 saturated carbocycles. The molecular formula is C28H26N4O3. The number of para-hydroxylation sites is 1. The molecule has 1 amide bonds. The quantitative estimate of drug-likeness (QED) is 0.298. The molecular weight excluding hydrogens is 440 g/mol. The topological polar surface area (TPSA) is 79.6 Å². The van der Waals surface area contributed by atoms with E-state index in [2.05, 4.69) is 36.9 Å². The molecule has 7 heteroatoms. The van der Waals surface area contributed by atoms with E-state index >= 15 is 0 Å². The van der Waals surface area contributed by atoms with Crippen LogP contribution in [0.3, 0.4) is 0 Å². The second kappa shape index (κ2) is 9.18. The zero-order valence-electron chi connectivity index (χ0n) is 19.8. The smallest absolute Gasteiger partial charge is 0.269 e. The molecule has 176 valence electrons. The Hall–Kier alpha value is -4.26. The van der Waals surface area contributed by atoms with Crippen LogP contribution in [-0.2, 0) is 0 Å². The molecule has 0 spiro atoms. The van der Waals surface area contributed by atoms with Crippen LogP contribution in [0.2, 0.25) is 0 Å². The van der Waals surface area contributed by atoms with Gasteiger partial charge in [0.1, 0.15) is 0 Å². The lowest BCUT2D eigenvalue weighted by molar-refractivity contribution is -0.384. The molecule has 0 unspecified atom stereocenters. The molecule has 4 aromatic rings. The van der Waals surface area contributed by atoms with Gasteiger partial charge >= 0.3 is 0 Å². The number of benzene rings is 3. The number of nitrogens with zero attached hydrogens (tertiary/aromatic N) is 4. The van der Waals surface area contributed by atoms with Crippen LogP contribution in [0, 0.1) is 24.0 Å². The van der Waals surface area contributed by atoms with Crippen LogP contribution in [0.25, 0.3) is 22.2 Å². The first-order valence-corrected chi connectivity index (χ1v) is 11.7. The van der Waals surface area contributed by atoms with Crippen LogP contribution in [0.4, 0.5) is 11.4 Å². The SMILES string of the molecule is Cc1ccc(-c2cc(C(=O)N3CCN(c4ccc([N+](=O)[O-])cc4)CC3)c3ccccc3n2)c(C)c1. The van der Waals surface area contributed by atoms with E-state index in [4.69, 9.17) is 4.98 Å². The first-order chi connectivity index (χ1) is 16.9. The molecule has 0 N–H and O–H groups in total. The highest BCUT2D eigenvalue weighted by Crippen LogP contribution is 2.29. The number of pyridine rings is 1. The number of amides is 1. The number of nitro groups is 1. The van der Waals surface area contributed by atoms with Gasteiger partial charge in [0.25, 0.3) is 11.6 Å². The Bertz CT molecular complexity index is 1420. The van der Waals surface area contributed by atoms with Crippen LogP contribution < -0.4 is 4.90 Å². The zero-order chi connectivity index (χ0) is 24.5. The number of carbonyl (C=O) groups is 1. The summed E-state index contributed by atoms with van der Waals surface area (Å²) in [5.41, 5.74) is 6.61. The molecule has 7 nitrogen and oxygen atoms in total. The molecule has 5 rings (SSSR count). The van der Waals surface area contributed by atoms with Gasteiger partial charge in [0.15, 0.2) is 0 Å². The summed E-state index contributed by atoms with van der Waals surface area (Å²) in [6, 6.07) is 22.5. The summed E-state index contributed by atoms with van der Waals surface area (Å²) in [6.07, 6.45) is 0. The molecule has 0 bridgehead atoms. The molecule has 1 fully saturated rings. The average molecular weight is 467 g/mol. The van der Waals surface area contributed by atoms with Gasteiger partial charge in [0.2, 0.25) is 0 Å². The van der Waals surface area contributed by atoms with Gasteiger partial charge in [0.05, 0.1) is 21.7 Å². The van der Waals surface area contributed by atoms with Crippen molar-refractivity contribution in [3.05, 3.63) is 99.6 Å². The van der Waals surface area contributed by atoms with Crippen molar-refractivity contribution < 1.29 is 9.72 Å². The second-order valence-corrected chi connectivity index (χ2v) is 8.94. The largest absolute Gasteiger partial charge is 0.368 e. The van der Waals surface area contributed by atoms with Crippen molar-refractivity contribution in [2.75, 3.05) is 31.1 Å². The van der Waals surface area contributed by atoms with Crippen molar-refractivity contribution >= 4 is 28.2 Å². The number of hydrogen-bond acceptors (Lipinski definition) is 5. The van der Waals surface area contributed by atoms with Crippen molar-refractivity contribution in [3.8, 4) is 11.3 Å². The fourth-order valence-electron chi connectivity index (χ4n) is 4.71. The molecule has 1 aromatic heterocycles. The third kappa shape index (κ3) is 4.45. The lowest BCUT2D eigenvalue weighted by atomic mass is 9.99. The number of aryl methyl sites for hydroxylation is 2. The first kappa shape index (κ1) is 22.5. The maximum absolute atomic E-state index is 13.7. The van der Waals surface area contributed by atoms with E-state index in [0.29, 0.717) is 31.7 Å². The minimum atomic E-state index is -0.397. The Morgan fingerprint density at radius 2 is 1.63 bits per heavy atom. The summed E-state index contributed by atoms with van der Waals surface area (Å²) in [7, 11) is 0. The monoisotopic (exact) mass is 466 g/mol. The van der Waals surface area contributed by atoms with E-state index in [-0.39, 0.29) is 11.6 Å². The van der Waals surface area contributed by atoms with Crippen LogP contribution in [-0.4, -0.2) is 46.9 Å². The van der Waals surface area contributed by atoms with Gasteiger partial charge in [-0.25, -0.2) is 4.98 Å². The van der Waals surface area contributed by atoms with E-state index in [1.54, 1.807) is 12.1 Å². The highest BCUT2D eigenvalue weighted by atomic mass is 16.6. The van der Waals surface area contributed by atoms with Gasteiger partial charge in [-0.15, -0.1) is 0 Å². The Morgan fingerprint density at radius 3 is 2.31 bits per heavy atom. The number of non-ortho nitro benzene ring substituents is 1. The zero-order valence-corrected chi connectivity index (χ0v) is 19.8. The van der Waals surface area contributed by atoms with Crippen molar-refractivity contribution in [3.63, 3.8) is 0 Å². The van der Waals surface area contributed by atoms with Gasteiger partial charge in [-0.3, -0.25) is 14.9 Å².